The lowest BCUT2D eigenvalue weighted by Gasteiger charge is -2.16. The second kappa shape index (κ2) is 8.49. The predicted octanol–water partition coefficient (Wildman–Crippen LogP) is 7.36. The molecule has 0 aromatic heterocycles. The van der Waals surface area contributed by atoms with Crippen LogP contribution in [0, 0.1) is 0 Å². The fourth-order valence-electron chi connectivity index (χ4n) is 4.90. The smallest absolute Gasteiger partial charge is 0.0802 e. The van der Waals surface area contributed by atoms with E-state index in [-0.39, 0.29) is 6.10 Å². The van der Waals surface area contributed by atoms with E-state index in [9.17, 15) is 5.11 Å². The van der Waals surface area contributed by atoms with E-state index in [1.54, 1.807) is 0 Å². The second-order valence-corrected chi connectivity index (χ2v) is 8.20. The molecule has 0 bridgehead atoms. The molecule has 0 heterocycles. The summed E-state index contributed by atoms with van der Waals surface area (Å²) in [5, 5.41) is 11.2. The highest BCUT2D eigenvalue weighted by molar-refractivity contribution is 6.32. The van der Waals surface area contributed by atoms with Gasteiger partial charge in [-0.3, -0.25) is 0 Å². The molecule has 1 unspecified atom stereocenters. The third kappa shape index (κ3) is 3.26. The Morgan fingerprint density at radius 2 is 1.29 bits per heavy atom. The largest absolute Gasteiger partial charge is 0.388 e. The first-order valence-corrected chi connectivity index (χ1v) is 11.1. The van der Waals surface area contributed by atoms with Crippen LogP contribution in [0.4, 0.5) is 0 Å². The summed E-state index contributed by atoms with van der Waals surface area (Å²) in [6, 6.07) is 17.5. The van der Waals surface area contributed by atoms with Crippen molar-refractivity contribution in [2.24, 2.45) is 0 Å². The number of fused-ring (bicyclic) bond motifs is 5. The first-order chi connectivity index (χ1) is 13.8. The number of hydrogen-bond acceptors (Lipinski definition) is 1. The summed E-state index contributed by atoms with van der Waals surface area (Å²) in [5.41, 5.74) is 10.6. The number of unbranched alkanes of at least 4 members (excludes halogenated alkanes) is 4. The molecule has 1 heteroatoms. The summed E-state index contributed by atoms with van der Waals surface area (Å²) in [7, 11) is 0. The molecule has 146 valence electrons. The lowest BCUT2D eigenvalue weighted by atomic mass is 9.92. The van der Waals surface area contributed by atoms with Gasteiger partial charge in [0.25, 0.3) is 0 Å². The van der Waals surface area contributed by atoms with Crippen LogP contribution in [0.3, 0.4) is 0 Å². The molecule has 0 saturated carbocycles. The number of allylic oxidation sites excluding steroid dienone is 3. The van der Waals surface area contributed by atoms with Gasteiger partial charge >= 0.3 is 0 Å². The average Bonchev–Trinajstić information content (AvgIpc) is 3.22. The highest BCUT2D eigenvalue weighted by Crippen LogP contribution is 2.57. The number of aliphatic hydroxyl groups excluding tert-OH is 1. The molecule has 0 aliphatic heterocycles. The van der Waals surface area contributed by atoms with Gasteiger partial charge in [0.15, 0.2) is 0 Å². The zero-order valence-corrected chi connectivity index (χ0v) is 17.3. The summed E-state index contributed by atoms with van der Waals surface area (Å²) >= 11 is 0. The molecule has 2 aromatic carbocycles. The third-order valence-corrected chi connectivity index (χ3v) is 6.27. The summed E-state index contributed by atoms with van der Waals surface area (Å²) in [4.78, 5) is 0. The first-order valence-electron chi connectivity index (χ1n) is 11.1. The Kier molecular flexibility index (Phi) is 5.82. The fourth-order valence-corrected chi connectivity index (χ4v) is 4.90. The molecule has 0 amide bonds. The van der Waals surface area contributed by atoms with E-state index < -0.39 is 0 Å². The summed E-state index contributed by atoms with van der Waals surface area (Å²) < 4.78 is 0. The van der Waals surface area contributed by atoms with Gasteiger partial charge in [-0.05, 0) is 63.8 Å². The molecule has 28 heavy (non-hydrogen) atoms. The highest BCUT2D eigenvalue weighted by atomic mass is 16.3. The van der Waals surface area contributed by atoms with Crippen molar-refractivity contribution >= 4 is 22.3 Å². The molecule has 2 aliphatic carbocycles. The molecule has 0 spiro atoms. The van der Waals surface area contributed by atoms with Crippen molar-refractivity contribution in [3.63, 3.8) is 0 Å². The van der Waals surface area contributed by atoms with Crippen LogP contribution in [0.15, 0.2) is 48.5 Å². The molecular formula is C27H32O. The Morgan fingerprint density at radius 1 is 0.679 bits per heavy atom. The highest BCUT2D eigenvalue weighted by Gasteiger charge is 2.37. The van der Waals surface area contributed by atoms with Gasteiger partial charge in [-0.2, -0.15) is 0 Å². The summed E-state index contributed by atoms with van der Waals surface area (Å²) in [6.07, 6.45) is 8.77. The standard InChI is InChI=1S/C27H32O/c1-3-5-7-8-18-24(28)26-23-17-12-11-16-22(23)25-20(13-6-4-2)19-14-9-10-15-21(19)27(25)26/h9-12,14-17,24,28H,3-8,13,18H2,1-2H3. The molecule has 0 saturated heterocycles. The van der Waals surface area contributed by atoms with Crippen molar-refractivity contribution in [1.29, 1.82) is 0 Å². The van der Waals surface area contributed by atoms with Crippen molar-refractivity contribution in [2.45, 2.75) is 71.3 Å². The maximum Gasteiger partial charge on any atom is 0.0802 e. The van der Waals surface area contributed by atoms with Crippen LogP contribution in [-0.2, 0) is 0 Å². The van der Waals surface area contributed by atoms with Crippen LogP contribution in [0.2, 0.25) is 0 Å². The van der Waals surface area contributed by atoms with E-state index in [2.05, 4.69) is 62.4 Å². The zero-order chi connectivity index (χ0) is 19.5. The van der Waals surface area contributed by atoms with Crippen LogP contribution in [0.5, 0.6) is 0 Å². The Balaban J connectivity index is 1.82. The van der Waals surface area contributed by atoms with Crippen LogP contribution in [-0.4, -0.2) is 11.2 Å². The number of rotatable bonds is 9. The molecule has 2 aromatic rings. The molecule has 1 nitrogen and oxygen atoms in total. The lowest BCUT2D eigenvalue weighted by Crippen LogP contribution is -2.09. The van der Waals surface area contributed by atoms with Gasteiger partial charge in [0.1, 0.15) is 0 Å². The Morgan fingerprint density at radius 3 is 1.96 bits per heavy atom. The number of benzene rings is 2. The van der Waals surface area contributed by atoms with E-state index in [0.717, 1.165) is 19.3 Å². The van der Waals surface area contributed by atoms with Gasteiger partial charge in [-0.1, -0.05) is 94.5 Å². The van der Waals surface area contributed by atoms with Gasteiger partial charge in [0.05, 0.1) is 6.10 Å². The van der Waals surface area contributed by atoms with Gasteiger partial charge in [0, 0.05) is 0 Å². The maximum absolute atomic E-state index is 11.2. The Labute approximate surface area is 169 Å². The monoisotopic (exact) mass is 372 g/mol. The molecule has 4 rings (SSSR count). The SMILES string of the molecule is CCCCCCC(O)C1=C2C(=C(CCCC)c3ccccc32)c2ccccc21. The minimum absolute atomic E-state index is 0.385. The average molecular weight is 373 g/mol. The number of aliphatic hydroxyl groups is 1. The fraction of sp³-hybridized carbons (Fsp3) is 0.407. The Hall–Kier alpha value is -2.12. The van der Waals surface area contributed by atoms with Crippen LogP contribution >= 0.6 is 0 Å². The van der Waals surface area contributed by atoms with E-state index in [0.29, 0.717) is 0 Å². The third-order valence-electron chi connectivity index (χ3n) is 6.27. The zero-order valence-electron chi connectivity index (χ0n) is 17.3. The topological polar surface area (TPSA) is 20.2 Å². The molecular weight excluding hydrogens is 340 g/mol. The Bertz CT molecular complexity index is 915. The molecule has 1 atom stereocenters. The minimum Gasteiger partial charge on any atom is -0.388 e. The lowest BCUT2D eigenvalue weighted by molar-refractivity contribution is 0.218. The molecule has 0 radical (unpaired) electrons. The van der Waals surface area contributed by atoms with Crippen molar-refractivity contribution in [2.75, 3.05) is 0 Å². The first kappa shape index (κ1) is 19.2. The normalized spacial score (nSPS) is 15.7. The summed E-state index contributed by atoms with van der Waals surface area (Å²) in [6.45, 7) is 4.50. The van der Waals surface area contributed by atoms with E-state index in [1.807, 2.05) is 0 Å². The van der Waals surface area contributed by atoms with E-state index >= 15 is 0 Å². The van der Waals surface area contributed by atoms with Gasteiger partial charge in [0.2, 0.25) is 0 Å². The van der Waals surface area contributed by atoms with Crippen molar-refractivity contribution < 1.29 is 5.11 Å². The van der Waals surface area contributed by atoms with E-state index in [1.165, 1.54) is 76.7 Å². The van der Waals surface area contributed by atoms with Gasteiger partial charge < -0.3 is 5.11 Å². The molecule has 0 fully saturated rings. The van der Waals surface area contributed by atoms with E-state index in [4.69, 9.17) is 0 Å². The van der Waals surface area contributed by atoms with Crippen LogP contribution < -0.4 is 0 Å². The van der Waals surface area contributed by atoms with Crippen molar-refractivity contribution in [3.8, 4) is 0 Å². The predicted molar refractivity (Wildman–Crippen MR) is 121 cm³/mol. The van der Waals surface area contributed by atoms with Crippen molar-refractivity contribution in [1.82, 2.24) is 0 Å². The second-order valence-electron chi connectivity index (χ2n) is 8.20. The number of hydrogen-bond donors (Lipinski definition) is 1. The quantitative estimate of drug-likeness (QED) is 0.456. The van der Waals surface area contributed by atoms with Gasteiger partial charge in [-0.15, -0.1) is 0 Å². The van der Waals surface area contributed by atoms with Crippen molar-refractivity contribution in [3.05, 3.63) is 70.8 Å². The van der Waals surface area contributed by atoms with Crippen LogP contribution in [0.1, 0.15) is 87.5 Å². The summed E-state index contributed by atoms with van der Waals surface area (Å²) in [5.74, 6) is 0. The van der Waals surface area contributed by atoms with Gasteiger partial charge in [-0.25, -0.2) is 0 Å². The maximum atomic E-state index is 11.2. The van der Waals surface area contributed by atoms with Crippen LogP contribution in [0.25, 0.3) is 22.3 Å². The molecule has 1 N–H and O–H groups in total. The minimum atomic E-state index is -0.385. The molecule has 2 aliphatic rings.